The van der Waals surface area contributed by atoms with Gasteiger partial charge in [0, 0.05) is 44.8 Å². The number of aliphatic hydroxyl groups is 1. The highest BCUT2D eigenvalue weighted by molar-refractivity contribution is 6.31. The van der Waals surface area contributed by atoms with E-state index in [-0.39, 0.29) is 24.2 Å². The van der Waals surface area contributed by atoms with Crippen LogP contribution in [0.2, 0.25) is 5.02 Å². The summed E-state index contributed by atoms with van der Waals surface area (Å²) in [5.41, 5.74) is 0.772. The number of aromatic nitrogens is 2. The van der Waals surface area contributed by atoms with Gasteiger partial charge in [-0.1, -0.05) is 11.6 Å². The predicted molar refractivity (Wildman–Crippen MR) is 149 cm³/mol. The summed E-state index contributed by atoms with van der Waals surface area (Å²) in [6.07, 6.45) is 7.23. The zero-order chi connectivity index (χ0) is 27.2. The fourth-order valence-corrected chi connectivity index (χ4v) is 6.08. The molecule has 3 fully saturated rings. The molecular weight excluding hydrogens is 516 g/mol. The molecule has 0 atom stereocenters. The zero-order valence-electron chi connectivity index (χ0n) is 22.3. The van der Waals surface area contributed by atoms with Crippen LogP contribution in [0.25, 0.3) is 0 Å². The Hall–Kier alpha value is -2.93. The van der Waals surface area contributed by atoms with Crippen molar-refractivity contribution in [1.29, 1.82) is 5.26 Å². The van der Waals surface area contributed by atoms with Crippen molar-refractivity contribution in [1.82, 2.24) is 20.4 Å². The molecule has 1 saturated carbocycles. The minimum Gasteiger partial charge on any atom is -0.490 e. The van der Waals surface area contributed by atoms with Crippen LogP contribution in [-0.2, 0) is 0 Å². The summed E-state index contributed by atoms with van der Waals surface area (Å²) >= 11 is 6.11. The van der Waals surface area contributed by atoms with Gasteiger partial charge in [-0.2, -0.15) is 5.26 Å². The first kappa shape index (κ1) is 27.6. The first-order chi connectivity index (χ1) is 19.0. The van der Waals surface area contributed by atoms with E-state index >= 15 is 0 Å². The number of likely N-dealkylation sites (tertiary alicyclic amines) is 1. The SMILES string of the molecule is N#Cc1ccc(OC2CCC(NC(=O)c3ccc(N4CCC(CN5CCC(O)CC5)CC4)nn3)CC2)cc1Cl. The lowest BCUT2D eigenvalue weighted by Gasteiger charge is -2.37. The van der Waals surface area contributed by atoms with Gasteiger partial charge < -0.3 is 25.0 Å². The number of benzene rings is 1. The maximum Gasteiger partial charge on any atom is 0.272 e. The molecule has 2 aromatic rings. The first-order valence-corrected chi connectivity index (χ1v) is 14.5. The molecular formula is C29H37ClN6O3. The van der Waals surface area contributed by atoms with Crippen molar-refractivity contribution in [2.75, 3.05) is 37.6 Å². The summed E-state index contributed by atoms with van der Waals surface area (Å²) in [6, 6.07) is 10.9. The third kappa shape index (κ3) is 7.38. The van der Waals surface area contributed by atoms with E-state index in [2.05, 4.69) is 31.4 Å². The number of aliphatic hydroxyl groups excluding tert-OH is 1. The number of amides is 1. The smallest absolute Gasteiger partial charge is 0.272 e. The standard InChI is InChI=1S/C29H37ClN6O3/c30-26-17-25(4-1-21(26)18-31)39-24-5-2-22(3-6-24)32-29(38)27-7-8-28(34-33-27)36-15-9-20(10-16-36)19-35-13-11-23(37)12-14-35/h1,4,7-8,17,20,22-24,37H,2-3,5-6,9-16,19H2,(H,32,38). The van der Waals surface area contributed by atoms with Crippen LogP contribution in [0.3, 0.4) is 0 Å². The van der Waals surface area contributed by atoms with Crippen molar-refractivity contribution in [3.63, 3.8) is 0 Å². The van der Waals surface area contributed by atoms with E-state index in [0.29, 0.717) is 27.9 Å². The highest BCUT2D eigenvalue weighted by atomic mass is 35.5. The maximum atomic E-state index is 12.8. The van der Waals surface area contributed by atoms with E-state index in [1.807, 2.05) is 6.07 Å². The number of nitrogens with zero attached hydrogens (tertiary/aromatic N) is 5. The molecule has 208 valence electrons. The van der Waals surface area contributed by atoms with Crippen LogP contribution in [0.1, 0.15) is 67.4 Å². The normalized spacial score (nSPS) is 23.3. The van der Waals surface area contributed by atoms with Crippen molar-refractivity contribution < 1.29 is 14.6 Å². The lowest BCUT2D eigenvalue weighted by Crippen LogP contribution is -2.42. The lowest BCUT2D eigenvalue weighted by molar-refractivity contribution is 0.0723. The summed E-state index contributed by atoms with van der Waals surface area (Å²) in [7, 11) is 0. The molecule has 0 unspecified atom stereocenters. The number of nitrogens with one attached hydrogen (secondary N) is 1. The van der Waals surface area contributed by atoms with Crippen molar-refractivity contribution in [3.8, 4) is 11.8 Å². The van der Waals surface area contributed by atoms with Crippen LogP contribution in [-0.4, -0.2) is 77.1 Å². The van der Waals surface area contributed by atoms with E-state index < -0.39 is 0 Å². The molecule has 39 heavy (non-hydrogen) atoms. The predicted octanol–water partition coefficient (Wildman–Crippen LogP) is 3.79. The molecule has 2 aliphatic heterocycles. The monoisotopic (exact) mass is 552 g/mol. The minimum atomic E-state index is -0.192. The van der Waals surface area contributed by atoms with Gasteiger partial charge >= 0.3 is 0 Å². The summed E-state index contributed by atoms with van der Waals surface area (Å²) in [5.74, 6) is 1.97. The van der Waals surface area contributed by atoms with E-state index in [1.54, 1.807) is 24.3 Å². The van der Waals surface area contributed by atoms with Gasteiger partial charge in [0.2, 0.25) is 0 Å². The number of halogens is 1. The number of rotatable bonds is 7. The number of hydrogen-bond acceptors (Lipinski definition) is 8. The Kier molecular flexibility index (Phi) is 9.17. The molecule has 3 aliphatic rings. The van der Waals surface area contributed by atoms with Gasteiger partial charge in [-0.25, -0.2) is 0 Å². The number of piperidine rings is 2. The summed E-state index contributed by atoms with van der Waals surface area (Å²) in [5, 5.41) is 30.8. The number of nitriles is 1. The van der Waals surface area contributed by atoms with Gasteiger partial charge in [0.15, 0.2) is 11.5 Å². The Labute approximate surface area is 235 Å². The van der Waals surface area contributed by atoms with Crippen molar-refractivity contribution >= 4 is 23.3 Å². The highest BCUT2D eigenvalue weighted by Crippen LogP contribution is 2.28. The molecule has 2 saturated heterocycles. The van der Waals surface area contributed by atoms with Gasteiger partial charge in [0.05, 0.1) is 22.8 Å². The second-order valence-electron chi connectivity index (χ2n) is 11.1. The van der Waals surface area contributed by atoms with Crippen LogP contribution < -0.4 is 15.0 Å². The first-order valence-electron chi connectivity index (χ1n) is 14.1. The second-order valence-corrected chi connectivity index (χ2v) is 11.5. The van der Waals surface area contributed by atoms with Crippen molar-refractivity contribution in [2.24, 2.45) is 5.92 Å². The maximum absolute atomic E-state index is 12.8. The van der Waals surface area contributed by atoms with E-state index in [4.69, 9.17) is 21.6 Å². The summed E-state index contributed by atoms with van der Waals surface area (Å²) in [6.45, 7) is 5.00. The molecule has 10 heteroatoms. The Morgan fingerprint density at radius 3 is 2.41 bits per heavy atom. The molecule has 1 amide bonds. The van der Waals surface area contributed by atoms with Gasteiger partial charge in [-0.15, -0.1) is 10.2 Å². The summed E-state index contributed by atoms with van der Waals surface area (Å²) in [4.78, 5) is 17.6. The zero-order valence-corrected chi connectivity index (χ0v) is 23.0. The highest BCUT2D eigenvalue weighted by Gasteiger charge is 2.26. The Morgan fingerprint density at radius 2 is 1.77 bits per heavy atom. The Morgan fingerprint density at radius 1 is 1.03 bits per heavy atom. The minimum absolute atomic E-state index is 0.0538. The molecule has 3 heterocycles. The largest absolute Gasteiger partial charge is 0.490 e. The fraction of sp³-hybridized carbons (Fsp3) is 0.586. The topological polar surface area (TPSA) is 115 Å². The number of ether oxygens (including phenoxy) is 1. The number of anilines is 1. The van der Waals surface area contributed by atoms with Gasteiger partial charge in [-0.05, 0) is 81.5 Å². The molecule has 1 aliphatic carbocycles. The number of carbonyl (C=O) groups is 1. The number of carbonyl (C=O) groups excluding carboxylic acids is 1. The Balaban J connectivity index is 1.03. The van der Waals surface area contributed by atoms with Crippen molar-refractivity contribution in [3.05, 3.63) is 46.6 Å². The molecule has 9 nitrogen and oxygen atoms in total. The molecule has 1 aromatic heterocycles. The van der Waals surface area contributed by atoms with E-state index in [1.165, 1.54) is 0 Å². The Bertz CT molecular complexity index is 1150. The quantitative estimate of drug-likeness (QED) is 0.533. The average molecular weight is 553 g/mol. The van der Waals surface area contributed by atoms with Crippen LogP contribution in [0, 0.1) is 17.2 Å². The molecule has 1 aromatic carbocycles. The van der Waals surface area contributed by atoms with Crippen molar-refractivity contribution in [2.45, 2.75) is 69.6 Å². The molecule has 2 N–H and O–H groups in total. The molecule has 5 rings (SSSR count). The lowest BCUT2D eigenvalue weighted by atomic mass is 9.92. The molecule has 0 bridgehead atoms. The van der Waals surface area contributed by atoms with Crippen LogP contribution >= 0.6 is 11.6 Å². The van der Waals surface area contributed by atoms with E-state index in [9.17, 15) is 9.90 Å². The van der Waals surface area contributed by atoms with Crippen LogP contribution in [0.15, 0.2) is 30.3 Å². The summed E-state index contributed by atoms with van der Waals surface area (Å²) < 4.78 is 6.05. The van der Waals surface area contributed by atoms with E-state index in [0.717, 1.165) is 89.9 Å². The number of hydrogen-bond donors (Lipinski definition) is 2. The molecule has 0 radical (unpaired) electrons. The average Bonchev–Trinajstić information content (AvgIpc) is 2.96. The van der Waals surface area contributed by atoms with Gasteiger partial charge in [0.1, 0.15) is 11.8 Å². The second kappa shape index (κ2) is 12.9. The third-order valence-electron chi connectivity index (χ3n) is 8.27. The van der Waals surface area contributed by atoms with Gasteiger partial charge in [-0.3, -0.25) is 4.79 Å². The van der Waals surface area contributed by atoms with Crippen LogP contribution in [0.5, 0.6) is 5.75 Å². The third-order valence-corrected chi connectivity index (χ3v) is 8.58. The molecule has 0 spiro atoms. The fourth-order valence-electron chi connectivity index (χ4n) is 5.86. The van der Waals surface area contributed by atoms with Gasteiger partial charge in [0.25, 0.3) is 5.91 Å². The van der Waals surface area contributed by atoms with Crippen LogP contribution in [0.4, 0.5) is 5.82 Å².